The number of ether oxygens (including phenoxy) is 1. The number of nitrogens with one attached hydrogen (secondary N) is 2. The summed E-state index contributed by atoms with van der Waals surface area (Å²) in [5.74, 6) is -0.175. The topological polar surface area (TPSA) is 105 Å². The van der Waals surface area contributed by atoms with Crippen LogP contribution in [0.2, 0.25) is 5.02 Å². The van der Waals surface area contributed by atoms with Gasteiger partial charge < -0.3 is 15.4 Å². The van der Waals surface area contributed by atoms with Crippen LogP contribution in [0.25, 0.3) is 0 Å². The highest BCUT2D eigenvalue weighted by Crippen LogP contribution is 2.29. The number of halogens is 1. The number of sulfonamides is 1. The van der Waals surface area contributed by atoms with Gasteiger partial charge in [-0.2, -0.15) is 4.31 Å². The molecule has 156 valence electrons. The number of hydrogen-bond acceptors (Lipinski definition) is 5. The molecule has 0 aliphatic carbocycles. The van der Waals surface area contributed by atoms with Gasteiger partial charge in [0.25, 0.3) is 5.91 Å². The smallest absolute Gasteiger partial charge is 0.407 e. The van der Waals surface area contributed by atoms with Crippen molar-refractivity contribution >= 4 is 33.6 Å². The van der Waals surface area contributed by atoms with E-state index >= 15 is 0 Å². The molecule has 1 heterocycles. The average Bonchev–Trinajstić information content (AvgIpc) is 2.65. The molecule has 8 nitrogen and oxygen atoms in total. The molecule has 2 amide bonds. The van der Waals surface area contributed by atoms with E-state index in [2.05, 4.69) is 10.6 Å². The highest BCUT2D eigenvalue weighted by molar-refractivity contribution is 7.89. The zero-order chi connectivity index (χ0) is 20.7. The molecular weight excluding hydrogens is 406 g/mol. The quantitative estimate of drug-likeness (QED) is 0.644. The first-order valence-electron chi connectivity index (χ1n) is 9.24. The van der Waals surface area contributed by atoms with Gasteiger partial charge in [-0.25, -0.2) is 13.2 Å². The third kappa shape index (κ3) is 5.83. The molecule has 0 aromatic heterocycles. The summed E-state index contributed by atoms with van der Waals surface area (Å²) in [4.78, 5) is 23.4. The van der Waals surface area contributed by atoms with E-state index < -0.39 is 22.0 Å². The Balaban J connectivity index is 2.05. The number of amides is 2. The predicted octanol–water partition coefficient (Wildman–Crippen LogP) is 2.24. The summed E-state index contributed by atoms with van der Waals surface area (Å²) in [7, 11) is -3.78. The third-order valence-electron chi connectivity index (χ3n) is 4.39. The van der Waals surface area contributed by atoms with Crippen molar-refractivity contribution in [3.63, 3.8) is 0 Å². The Morgan fingerprint density at radius 2 is 2.00 bits per heavy atom. The molecule has 1 fully saturated rings. The Morgan fingerprint density at radius 3 is 2.68 bits per heavy atom. The van der Waals surface area contributed by atoms with Crippen molar-refractivity contribution in [2.75, 3.05) is 32.8 Å². The van der Waals surface area contributed by atoms with Gasteiger partial charge in [-0.3, -0.25) is 4.79 Å². The lowest BCUT2D eigenvalue weighted by Gasteiger charge is -2.30. The van der Waals surface area contributed by atoms with Crippen LogP contribution in [-0.2, 0) is 14.8 Å². The van der Waals surface area contributed by atoms with Gasteiger partial charge in [0.1, 0.15) is 4.90 Å². The van der Waals surface area contributed by atoms with E-state index in [1.54, 1.807) is 6.92 Å². The summed E-state index contributed by atoms with van der Waals surface area (Å²) in [5, 5.41) is 5.19. The maximum atomic E-state index is 13.0. The second-order valence-electron chi connectivity index (χ2n) is 6.66. The average molecular weight is 432 g/mol. The zero-order valence-corrected chi connectivity index (χ0v) is 17.6. The number of carbonyl (C=O) groups excluding carboxylic acids is 2. The van der Waals surface area contributed by atoms with E-state index in [4.69, 9.17) is 16.3 Å². The van der Waals surface area contributed by atoms with E-state index in [0.29, 0.717) is 13.1 Å². The number of alkyl carbamates (subject to hydrolysis) is 1. The summed E-state index contributed by atoms with van der Waals surface area (Å²) in [6.45, 7) is 5.21. The van der Waals surface area contributed by atoms with Crippen molar-refractivity contribution in [1.29, 1.82) is 0 Å². The second-order valence-corrected chi connectivity index (χ2v) is 8.97. The van der Waals surface area contributed by atoms with Crippen LogP contribution in [0.15, 0.2) is 23.1 Å². The van der Waals surface area contributed by atoms with Gasteiger partial charge in [0, 0.05) is 31.7 Å². The number of benzene rings is 1. The molecule has 1 aliphatic rings. The van der Waals surface area contributed by atoms with Crippen LogP contribution in [0.3, 0.4) is 0 Å². The number of hydrogen-bond donors (Lipinski definition) is 2. The number of nitrogens with zero attached hydrogens (tertiary/aromatic N) is 1. The lowest BCUT2D eigenvalue weighted by Crippen LogP contribution is -2.39. The van der Waals surface area contributed by atoms with Gasteiger partial charge >= 0.3 is 6.09 Å². The van der Waals surface area contributed by atoms with E-state index in [9.17, 15) is 18.0 Å². The first kappa shape index (κ1) is 22.4. The lowest BCUT2D eigenvalue weighted by molar-refractivity contribution is 0.0952. The van der Waals surface area contributed by atoms with Crippen molar-refractivity contribution in [1.82, 2.24) is 14.9 Å². The maximum Gasteiger partial charge on any atom is 0.407 e. The summed E-state index contributed by atoms with van der Waals surface area (Å²) in [5.41, 5.74) is 0.184. The van der Waals surface area contributed by atoms with Crippen LogP contribution in [0.4, 0.5) is 4.79 Å². The van der Waals surface area contributed by atoms with Crippen molar-refractivity contribution in [2.24, 2.45) is 5.92 Å². The molecule has 10 heteroatoms. The molecule has 2 N–H and O–H groups in total. The Hall–Kier alpha value is -1.84. The lowest BCUT2D eigenvalue weighted by atomic mass is 10.0. The van der Waals surface area contributed by atoms with Crippen LogP contribution >= 0.6 is 11.6 Å². The predicted molar refractivity (Wildman–Crippen MR) is 106 cm³/mol. The van der Waals surface area contributed by atoms with Crippen molar-refractivity contribution in [2.45, 2.75) is 31.6 Å². The van der Waals surface area contributed by atoms with E-state index in [-0.39, 0.29) is 41.1 Å². The van der Waals surface area contributed by atoms with Gasteiger partial charge in [0.2, 0.25) is 10.0 Å². The highest BCUT2D eigenvalue weighted by atomic mass is 35.5. The van der Waals surface area contributed by atoms with E-state index in [1.807, 2.05) is 6.92 Å². The summed E-state index contributed by atoms with van der Waals surface area (Å²) in [6, 6.07) is 4.17. The Morgan fingerprint density at radius 1 is 1.29 bits per heavy atom. The fraction of sp³-hybridized carbons (Fsp3) is 0.556. The molecule has 1 aromatic rings. The first-order chi connectivity index (χ1) is 13.3. The SMILES string of the molecule is CCOC(=O)NCCNC(=O)c1ccc(Cl)c(S(=O)(=O)N2CCCC(C)C2)c1. The Kier molecular flexibility index (Phi) is 8.09. The molecule has 1 unspecified atom stereocenters. The zero-order valence-electron chi connectivity index (χ0n) is 16.0. The van der Waals surface area contributed by atoms with Crippen molar-refractivity contribution in [3.05, 3.63) is 28.8 Å². The molecule has 0 radical (unpaired) electrons. The van der Waals surface area contributed by atoms with E-state index in [0.717, 1.165) is 12.8 Å². The fourth-order valence-electron chi connectivity index (χ4n) is 2.97. The Labute approximate surface area is 170 Å². The minimum absolute atomic E-state index is 0.0689. The molecule has 1 atom stereocenters. The molecular formula is C18H26ClN3O5S. The molecule has 0 saturated carbocycles. The van der Waals surface area contributed by atoms with Crippen molar-refractivity contribution in [3.8, 4) is 0 Å². The molecule has 2 rings (SSSR count). The summed E-state index contributed by atoms with van der Waals surface area (Å²) >= 11 is 6.13. The van der Waals surface area contributed by atoms with Gasteiger partial charge in [-0.1, -0.05) is 18.5 Å². The molecule has 28 heavy (non-hydrogen) atoms. The Bertz CT molecular complexity index is 815. The van der Waals surface area contributed by atoms with Crippen LogP contribution in [0, 0.1) is 5.92 Å². The standard InChI is InChI=1S/C18H26ClN3O5S/c1-3-27-18(24)21-9-8-20-17(23)14-6-7-15(19)16(11-14)28(25,26)22-10-4-5-13(2)12-22/h6-7,11,13H,3-5,8-10,12H2,1-2H3,(H,20,23)(H,21,24). The monoisotopic (exact) mass is 431 g/mol. The summed E-state index contributed by atoms with van der Waals surface area (Å²) in [6.07, 6.45) is 1.22. The molecule has 0 spiro atoms. The van der Waals surface area contributed by atoms with Crippen LogP contribution < -0.4 is 10.6 Å². The first-order valence-corrected chi connectivity index (χ1v) is 11.1. The number of rotatable bonds is 7. The molecule has 1 aromatic carbocycles. The van der Waals surface area contributed by atoms with Gasteiger partial charge in [0.15, 0.2) is 0 Å². The van der Waals surface area contributed by atoms with Crippen LogP contribution in [0.5, 0.6) is 0 Å². The number of carbonyl (C=O) groups is 2. The third-order valence-corrected chi connectivity index (χ3v) is 6.73. The fourth-order valence-corrected chi connectivity index (χ4v) is 5.07. The largest absolute Gasteiger partial charge is 0.450 e. The maximum absolute atomic E-state index is 13.0. The molecule has 1 aliphatic heterocycles. The van der Waals surface area contributed by atoms with Gasteiger partial charge in [-0.05, 0) is 43.9 Å². The minimum Gasteiger partial charge on any atom is -0.450 e. The molecule has 0 bridgehead atoms. The normalized spacial score (nSPS) is 17.8. The van der Waals surface area contributed by atoms with Gasteiger partial charge in [0.05, 0.1) is 11.6 Å². The molecule has 1 saturated heterocycles. The highest BCUT2D eigenvalue weighted by Gasteiger charge is 2.30. The number of piperidine rings is 1. The van der Waals surface area contributed by atoms with Gasteiger partial charge in [-0.15, -0.1) is 0 Å². The van der Waals surface area contributed by atoms with Crippen LogP contribution in [-0.4, -0.2) is 57.5 Å². The van der Waals surface area contributed by atoms with Crippen LogP contribution in [0.1, 0.15) is 37.0 Å². The summed E-state index contributed by atoms with van der Waals surface area (Å²) < 4.78 is 32.1. The minimum atomic E-state index is -3.78. The van der Waals surface area contributed by atoms with Crippen molar-refractivity contribution < 1.29 is 22.7 Å². The second kappa shape index (κ2) is 10.1. The van der Waals surface area contributed by atoms with E-state index in [1.165, 1.54) is 22.5 Å².